The zero-order valence-corrected chi connectivity index (χ0v) is 11.2. The van der Waals surface area contributed by atoms with Crippen LogP contribution in [0.15, 0.2) is 18.3 Å². The van der Waals surface area contributed by atoms with Gasteiger partial charge in [-0.05, 0) is 30.4 Å². The molecule has 2 unspecified atom stereocenters. The molecule has 18 heavy (non-hydrogen) atoms. The summed E-state index contributed by atoms with van der Waals surface area (Å²) in [6.07, 6.45) is 2.84. The van der Waals surface area contributed by atoms with E-state index in [2.05, 4.69) is 23.7 Å². The number of ether oxygens (including phenoxy) is 1. The lowest BCUT2D eigenvalue weighted by Crippen LogP contribution is -2.38. The van der Waals surface area contributed by atoms with Crippen LogP contribution in [0.5, 0.6) is 0 Å². The van der Waals surface area contributed by atoms with Gasteiger partial charge in [0.2, 0.25) is 0 Å². The van der Waals surface area contributed by atoms with Crippen molar-refractivity contribution >= 4 is 11.8 Å². The SMILES string of the molecule is COC(=O)c1ccnc(N2CCC(C)C(C)C2)c1. The molecule has 0 saturated carbocycles. The number of pyridine rings is 1. The second-order valence-corrected chi connectivity index (χ2v) is 5.08. The minimum atomic E-state index is -0.308. The summed E-state index contributed by atoms with van der Waals surface area (Å²) in [5, 5.41) is 0. The fraction of sp³-hybridized carbons (Fsp3) is 0.571. The Morgan fingerprint density at radius 1 is 1.44 bits per heavy atom. The topological polar surface area (TPSA) is 42.4 Å². The van der Waals surface area contributed by atoms with E-state index < -0.39 is 0 Å². The van der Waals surface area contributed by atoms with Crippen molar-refractivity contribution in [2.24, 2.45) is 11.8 Å². The van der Waals surface area contributed by atoms with Gasteiger partial charge < -0.3 is 9.64 Å². The van der Waals surface area contributed by atoms with Gasteiger partial charge in [0, 0.05) is 19.3 Å². The Morgan fingerprint density at radius 2 is 2.22 bits per heavy atom. The Labute approximate surface area is 108 Å². The van der Waals surface area contributed by atoms with Gasteiger partial charge in [-0.25, -0.2) is 9.78 Å². The van der Waals surface area contributed by atoms with Crippen LogP contribution in [-0.2, 0) is 4.74 Å². The number of rotatable bonds is 2. The molecule has 1 saturated heterocycles. The number of nitrogens with zero attached hydrogens (tertiary/aromatic N) is 2. The average molecular weight is 248 g/mol. The molecule has 2 rings (SSSR count). The van der Waals surface area contributed by atoms with E-state index in [0.717, 1.165) is 24.8 Å². The van der Waals surface area contributed by atoms with Gasteiger partial charge in [0.15, 0.2) is 0 Å². The maximum atomic E-state index is 11.5. The first-order valence-corrected chi connectivity index (χ1v) is 6.41. The van der Waals surface area contributed by atoms with E-state index in [9.17, 15) is 4.79 Å². The van der Waals surface area contributed by atoms with Crippen LogP contribution >= 0.6 is 0 Å². The van der Waals surface area contributed by atoms with E-state index in [1.54, 1.807) is 12.3 Å². The first-order valence-electron chi connectivity index (χ1n) is 6.41. The smallest absolute Gasteiger partial charge is 0.338 e. The normalized spacial score (nSPS) is 23.8. The first-order chi connectivity index (χ1) is 8.61. The molecule has 1 aliphatic rings. The summed E-state index contributed by atoms with van der Waals surface area (Å²) in [5.41, 5.74) is 0.564. The molecule has 0 amide bonds. The lowest BCUT2D eigenvalue weighted by molar-refractivity contribution is 0.0600. The van der Waals surface area contributed by atoms with Crippen molar-refractivity contribution in [3.8, 4) is 0 Å². The highest BCUT2D eigenvalue weighted by atomic mass is 16.5. The summed E-state index contributed by atoms with van der Waals surface area (Å²) in [6.45, 7) is 6.56. The van der Waals surface area contributed by atoms with Crippen LogP contribution in [0, 0.1) is 11.8 Å². The minimum Gasteiger partial charge on any atom is -0.465 e. The third-order valence-electron chi connectivity index (χ3n) is 3.82. The predicted octanol–water partition coefficient (Wildman–Crippen LogP) is 2.35. The van der Waals surface area contributed by atoms with Gasteiger partial charge >= 0.3 is 5.97 Å². The van der Waals surface area contributed by atoms with Crippen LogP contribution in [0.4, 0.5) is 5.82 Å². The lowest BCUT2D eigenvalue weighted by Gasteiger charge is -2.36. The molecule has 0 aliphatic carbocycles. The molecule has 98 valence electrons. The minimum absolute atomic E-state index is 0.308. The van der Waals surface area contributed by atoms with Gasteiger partial charge in [-0.15, -0.1) is 0 Å². The molecule has 1 aliphatic heterocycles. The maximum absolute atomic E-state index is 11.5. The van der Waals surface area contributed by atoms with Crippen LogP contribution in [0.1, 0.15) is 30.6 Å². The molecule has 1 aromatic heterocycles. The van der Waals surface area contributed by atoms with E-state index in [0.29, 0.717) is 11.5 Å². The first kappa shape index (κ1) is 12.9. The fourth-order valence-electron chi connectivity index (χ4n) is 2.31. The van der Waals surface area contributed by atoms with Crippen molar-refractivity contribution in [3.05, 3.63) is 23.9 Å². The molecule has 0 N–H and O–H groups in total. The van der Waals surface area contributed by atoms with Crippen molar-refractivity contribution in [1.29, 1.82) is 0 Å². The van der Waals surface area contributed by atoms with Crippen LogP contribution in [0.2, 0.25) is 0 Å². The van der Waals surface area contributed by atoms with E-state index >= 15 is 0 Å². The Kier molecular flexibility index (Phi) is 3.84. The maximum Gasteiger partial charge on any atom is 0.338 e. The average Bonchev–Trinajstić information content (AvgIpc) is 2.41. The van der Waals surface area contributed by atoms with Crippen molar-refractivity contribution in [3.63, 3.8) is 0 Å². The number of aromatic nitrogens is 1. The molecular weight excluding hydrogens is 228 g/mol. The van der Waals surface area contributed by atoms with E-state index in [-0.39, 0.29) is 5.97 Å². The largest absolute Gasteiger partial charge is 0.465 e. The third-order valence-corrected chi connectivity index (χ3v) is 3.82. The zero-order valence-electron chi connectivity index (χ0n) is 11.2. The van der Waals surface area contributed by atoms with Crippen LogP contribution in [0.3, 0.4) is 0 Å². The summed E-state index contributed by atoms with van der Waals surface area (Å²) >= 11 is 0. The summed E-state index contributed by atoms with van der Waals surface area (Å²) in [4.78, 5) is 18.1. The number of carbonyl (C=O) groups excluding carboxylic acids is 1. The Bertz CT molecular complexity index is 434. The Morgan fingerprint density at radius 3 is 2.89 bits per heavy atom. The van der Waals surface area contributed by atoms with E-state index in [1.165, 1.54) is 13.5 Å². The van der Waals surface area contributed by atoms with Gasteiger partial charge in [-0.1, -0.05) is 13.8 Å². The van der Waals surface area contributed by atoms with Crippen LogP contribution < -0.4 is 4.90 Å². The quantitative estimate of drug-likeness (QED) is 0.753. The molecule has 4 heteroatoms. The number of esters is 1. The number of carbonyl (C=O) groups is 1. The molecule has 0 spiro atoms. The highest BCUT2D eigenvalue weighted by Crippen LogP contribution is 2.26. The van der Waals surface area contributed by atoms with Crippen molar-refractivity contribution in [1.82, 2.24) is 4.98 Å². The van der Waals surface area contributed by atoms with Crippen LogP contribution in [-0.4, -0.2) is 31.2 Å². The molecule has 0 radical (unpaired) electrons. The summed E-state index contributed by atoms with van der Waals surface area (Å²) in [5.74, 6) is 1.97. The number of anilines is 1. The molecule has 1 aromatic rings. The highest BCUT2D eigenvalue weighted by Gasteiger charge is 2.23. The molecular formula is C14H20N2O2. The van der Waals surface area contributed by atoms with Crippen molar-refractivity contribution < 1.29 is 9.53 Å². The summed E-state index contributed by atoms with van der Waals surface area (Å²) in [6, 6.07) is 3.50. The second-order valence-electron chi connectivity index (χ2n) is 5.08. The number of hydrogen-bond acceptors (Lipinski definition) is 4. The molecule has 4 nitrogen and oxygen atoms in total. The standard InChI is InChI=1S/C14H20N2O2/c1-10-5-7-16(9-11(10)2)13-8-12(4-6-15-13)14(17)18-3/h4,6,8,10-11H,5,7,9H2,1-3H3. The molecule has 0 bridgehead atoms. The monoisotopic (exact) mass is 248 g/mol. The number of methoxy groups -OCH3 is 1. The van der Waals surface area contributed by atoms with Crippen molar-refractivity contribution in [2.75, 3.05) is 25.1 Å². The lowest BCUT2D eigenvalue weighted by atomic mass is 9.89. The van der Waals surface area contributed by atoms with Gasteiger partial charge in [0.25, 0.3) is 0 Å². The summed E-state index contributed by atoms with van der Waals surface area (Å²) in [7, 11) is 1.40. The number of hydrogen-bond donors (Lipinski definition) is 0. The van der Waals surface area contributed by atoms with E-state index in [1.807, 2.05) is 6.07 Å². The van der Waals surface area contributed by atoms with Gasteiger partial charge in [0.1, 0.15) is 5.82 Å². The molecule has 1 fully saturated rings. The van der Waals surface area contributed by atoms with Gasteiger partial charge in [0.05, 0.1) is 12.7 Å². The molecule has 2 heterocycles. The second kappa shape index (κ2) is 5.38. The third kappa shape index (κ3) is 2.63. The molecule has 2 atom stereocenters. The van der Waals surface area contributed by atoms with Crippen LogP contribution in [0.25, 0.3) is 0 Å². The number of piperidine rings is 1. The predicted molar refractivity (Wildman–Crippen MR) is 70.7 cm³/mol. The fourth-order valence-corrected chi connectivity index (χ4v) is 2.31. The van der Waals surface area contributed by atoms with E-state index in [4.69, 9.17) is 4.74 Å². The van der Waals surface area contributed by atoms with Gasteiger partial charge in [-0.2, -0.15) is 0 Å². The Hall–Kier alpha value is -1.58. The highest BCUT2D eigenvalue weighted by molar-refractivity contribution is 5.90. The zero-order chi connectivity index (χ0) is 13.1. The summed E-state index contributed by atoms with van der Waals surface area (Å²) < 4.78 is 4.73. The van der Waals surface area contributed by atoms with Gasteiger partial charge in [-0.3, -0.25) is 0 Å². The molecule has 0 aromatic carbocycles. The van der Waals surface area contributed by atoms with Crippen molar-refractivity contribution in [2.45, 2.75) is 20.3 Å². The Balaban J connectivity index is 2.16.